The normalized spacial score (nSPS) is 12.2. The molecule has 1 aromatic heterocycles. The van der Waals surface area contributed by atoms with E-state index in [4.69, 9.17) is 4.98 Å². The Morgan fingerprint density at radius 2 is 1.77 bits per heavy atom. The van der Waals surface area contributed by atoms with E-state index in [1.54, 1.807) is 0 Å². The summed E-state index contributed by atoms with van der Waals surface area (Å²) in [4.78, 5) is 17.3. The number of fused-ring (bicyclic) bond motifs is 1. The summed E-state index contributed by atoms with van der Waals surface area (Å²) in [7, 11) is 0. The monoisotopic (exact) mass is 349 g/mol. The van der Waals surface area contributed by atoms with Gasteiger partial charge in [0.25, 0.3) is 5.91 Å². The highest BCUT2D eigenvalue weighted by atomic mass is 16.1. The third kappa shape index (κ3) is 4.13. The summed E-state index contributed by atoms with van der Waals surface area (Å²) in [6.45, 7) is 5.16. The molecule has 3 rings (SSSR count). The first-order valence-electron chi connectivity index (χ1n) is 9.51. The van der Waals surface area contributed by atoms with Gasteiger partial charge >= 0.3 is 0 Å². The lowest BCUT2D eigenvalue weighted by molar-refractivity contribution is 0.0937. The molecule has 0 unspecified atom stereocenters. The predicted octanol–water partition coefficient (Wildman–Crippen LogP) is 5.11. The second-order valence-electron chi connectivity index (χ2n) is 6.73. The number of para-hydroxylation sites is 2. The van der Waals surface area contributed by atoms with Gasteiger partial charge in [-0.3, -0.25) is 4.79 Å². The average Bonchev–Trinajstić information content (AvgIpc) is 3.05. The average molecular weight is 349 g/mol. The van der Waals surface area contributed by atoms with E-state index >= 15 is 0 Å². The van der Waals surface area contributed by atoms with Crippen LogP contribution in [0.4, 0.5) is 0 Å². The van der Waals surface area contributed by atoms with Crippen molar-refractivity contribution in [2.75, 3.05) is 0 Å². The molecule has 26 heavy (non-hydrogen) atoms. The van der Waals surface area contributed by atoms with Crippen LogP contribution in [0, 0.1) is 0 Å². The number of aryl methyl sites for hydroxylation is 1. The van der Waals surface area contributed by atoms with E-state index in [0.29, 0.717) is 5.56 Å². The molecule has 1 N–H and O–H groups in total. The molecule has 0 aliphatic rings. The molecular formula is C22H27N3O. The Kier molecular flexibility index (Phi) is 6.05. The number of nitrogens with zero attached hydrogens (tertiary/aromatic N) is 2. The molecule has 0 bridgehead atoms. The van der Waals surface area contributed by atoms with Gasteiger partial charge in [-0.15, -0.1) is 0 Å². The Morgan fingerprint density at radius 3 is 2.54 bits per heavy atom. The van der Waals surface area contributed by atoms with Crippen molar-refractivity contribution in [3.63, 3.8) is 0 Å². The predicted molar refractivity (Wildman–Crippen MR) is 106 cm³/mol. The zero-order valence-corrected chi connectivity index (χ0v) is 15.6. The summed E-state index contributed by atoms with van der Waals surface area (Å²) >= 11 is 0. The number of hydrogen-bond acceptors (Lipinski definition) is 2. The Labute approximate surface area is 155 Å². The quantitative estimate of drug-likeness (QED) is 0.575. The van der Waals surface area contributed by atoms with Gasteiger partial charge in [-0.1, -0.05) is 56.5 Å². The maximum absolute atomic E-state index is 12.5. The van der Waals surface area contributed by atoms with Crippen LogP contribution in [0.1, 0.15) is 61.8 Å². The molecule has 0 radical (unpaired) electrons. The molecular weight excluding hydrogens is 322 g/mol. The van der Waals surface area contributed by atoms with Crippen LogP contribution in [-0.2, 0) is 6.54 Å². The molecule has 0 aliphatic carbocycles. The maximum atomic E-state index is 12.5. The van der Waals surface area contributed by atoms with Gasteiger partial charge in [0, 0.05) is 12.1 Å². The zero-order chi connectivity index (χ0) is 18.4. The lowest BCUT2D eigenvalue weighted by atomic mass is 10.2. The Bertz CT molecular complexity index is 854. The molecule has 3 aromatic rings. The van der Waals surface area contributed by atoms with Crippen molar-refractivity contribution in [1.29, 1.82) is 0 Å². The van der Waals surface area contributed by atoms with Crippen molar-refractivity contribution in [1.82, 2.24) is 14.9 Å². The van der Waals surface area contributed by atoms with Crippen molar-refractivity contribution in [3.8, 4) is 0 Å². The first-order valence-corrected chi connectivity index (χ1v) is 9.51. The van der Waals surface area contributed by atoms with Gasteiger partial charge in [-0.2, -0.15) is 0 Å². The SMILES string of the molecule is CCCCCCn1c([C@H](C)NC(=O)c2ccccc2)nc2ccccc21. The Hall–Kier alpha value is -2.62. The number of carbonyl (C=O) groups excluding carboxylic acids is 1. The van der Waals surface area contributed by atoms with E-state index in [1.165, 1.54) is 19.3 Å². The third-order valence-corrected chi connectivity index (χ3v) is 4.69. The Balaban J connectivity index is 1.82. The molecule has 1 amide bonds. The third-order valence-electron chi connectivity index (χ3n) is 4.69. The fourth-order valence-electron chi connectivity index (χ4n) is 3.29. The van der Waals surface area contributed by atoms with Gasteiger partial charge in [0.2, 0.25) is 0 Å². The molecule has 1 heterocycles. The van der Waals surface area contributed by atoms with Crippen LogP contribution in [0.2, 0.25) is 0 Å². The number of carbonyl (C=O) groups is 1. The second kappa shape index (κ2) is 8.65. The van der Waals surface area contributed by atoms with E-state index < -0.39 is 0 Å². The van der Waals surface area contributed by atoms with Crippen LogP contribution >= 0.6 is 0 Å². The summed E-state index contributed by atoms with van der Waals surface area (Å²) in [6, 6.07) is 17.4. The Morgan fingerprint density at radius 1 is 1.04 bits per heavy atom. The van der Waals surface area contributed by atoms with Crippen LogP contribution in [0.5, 0.6) is 0 Å². The largest absolute Gasteiger partial charge is 0.342 e. The topological polar surface area (TPSA) is 46.9 Å². The first-order chi connectivity index (χ1) is 12.7. The van der Waals surface area contributed by atoms with Gasteiger partial charge < -0.3 is 9.88 Å². The molecule has 1 atom stereocenters. The maximum Gasteiger partial charge on any atom is 0.251 e. The van der Waals surface area contributed by atoms with E-state index in [-0.39, 0.29) is 11.9 Å². The molecule has 2 aromatic carbocycles. The zero-order valence-electron chi connectivity index (χ0n) is 15.6. The van der Waals surface area contributed by atoms with Crippen LogP contribution < -0.4 is 5.32 Å². The van der Waals surface area contributed by atoms with Crippen molar-refractivity contribution in [2.45, 2.75) is 52.1 Å². The molecule has 136 valence electrons. The van der Waals surface area contributed by atoms with Gasteiger partial charge in [-0.25, -0.2) is 4.98 Å². The van der Waals surface area contributed by atoms with Gasteiger partial charge in [-0.05, 0) is 37.6 Å². The fourth-order valence-corrected chi connectivity index (χ4v) is 3.29. The number of amides is 1. The van der Waals surface area contributed by atoms with Crippen molar-refractivity contribution in [2.24, 2.45) is 0 Å². The van der Waals surface area contributed by atoms with Gasteiger partial charge in [0.15, 0.2) is 0 Å². The number of rotatable bonds is 8. The molecule has 0 saturated heterocycles. The highest BCUT2D eigenvalue weighted by Crippen LogP contribution is 2.22. The standard InChI is InChI=1S/C22H27N3O/c1-3-4-5-11-16-25-20-15-10-9-14-19(20)24-21(25)17(2)23-22(26)18-12-7-6-8-13-18/h6-10,12-15,17H,3-5,11,16H2,1-2H3,(H,23,26)/t17-/m0/s1. The molecule has 4 nitrogen and oxygen atoms in total. The van der Waals surface area contributed by atoms with Gasteiger partial charge in [0.05, 0.1) is 17.1 Å². The number of nitrogens with one attached hydrogen (secondary N) is 1. The van der Waals surface area contributed by atoms with Gasteiger partial charge in [0.1, 0.15) is 5.82 Å². The number of benzene rings is 2. The smallest absolute Gasteiger partial charge is 0.251 e. The summed E-state index contributed by atoms with van der Waals surface area (Å²) in [5, 5.41) is 3.09. The van der Waals surface area contributed by atoms with E-state index in [9.17, 15) is 4.79 Å². The minimum Gasteiger partial charge on any atom is -0.342 e. The van der Waals surface area contributed by atoms with E-state index in [1.807, 2.05) is 55.5 Å². The molecule has 0 saturated carbocycles. The van der Waals surface area contributed by atoms with Crippen molar-refractivity contribution < 1.29 is 4.79 Å². The lowest BCUT2D eigenvalue weighted by Crippen LogP contribution is -2.28. The number of aromatic nitrogens is 2. The minimum absolute atomic E-state index is 0.0670. The summed E-state index contributed by atoms with van der Waals surface area (Å²) in [5.41, 5.74) is 2.79. The summed E-state index contributed by atoms with van der Waals surface area (Å²) in [5.74, 6) is 0.856. The first kappa shape index (κ1) is 18.2. The summed E-state index contributed by atoms with van der Waals surface area (Å²) in [6.07, 6.45) is 4.82. The van der Waals surface area contributed by atoms with Crippen LogP contribution in [0.15, 0.2) is 54.6 Å². The molecule has 0 fully saturated rings. The van der Waals surface area contributed by atoms with E-state index in [0.717, 1.165) is 29.8 Å². The van der Waals surface area contributed by atoms with Crippen LogP contribution in [0.25, 0.3) is 11.0 Å². The minimum atomic E-state index is -0.152. The second-order valence-corrected chi connectivity index (χ2v) is 6.73. The fraction of sp³-hybridized carbons (Fsp3) is 0.364. The number of hydrogen-bond donors (Lipinski definition) is 1. The number of unbranched alkanes of at least 4 members (excludes halogenated alkanes) is 3. The van der Waals surface area contributed by atoms with Crippen LogP contribution in [-0.4, -0.2) is 15.5 Å². The van der Waals surface area contributed by atoms with Crippen molar-refractivity contribution >= 4 is 16.9 Å². The van der Waals surface area contributed by atoms with E-state index in [2.05, 4.69) is 22.9 Å². The molecule has 0 spiro atoms. The highest BCUT2D eigenvalue weighted by Gasteiger charge is 2.18. The number of imidazole rings is 1. The molecule has 4 heteroatoms. The highest BCUT2D eigenvalue weighted by molar-refractivity contribution is 5.94. The van der Waals surface area contributed by atoms with Crippen LogP contribution in [0.3, 0.4) is 0 Å². The lowest BCUT2D eigenvalue weighted by Gasteiger charge is -2.16. The molecule has 0 aliphatic heterocycles. The van der Waals surface area contributed by atoms with Crippen molar-refractivity contribution in [3.05, 3.63) is 66.0 Å². The summed E-state index contributed by atoms with van der Waals surface area (Å²) < 4.78 is 2.26.